The van der Waals surface area contributed by atoms with Gasteiger partial charge in [0, 0.05) is 5.92 Å². The Morgan fingerprint density at radius 1 is 0.690 bits per heavy atom. The van der Waals surface area contributed by atoms with Gasteiger partial charge in [-0.25, -0.2) is 0 Å². The van der Waals surface area contributed by atoms with Crippen LogP contribution < -0.4 is 0 Å². The van der Waals surface area contributed by atoms with E-state index in [2.05, 4.69) is 13.8 Å². The molecular formula is C25H48O4. The second-order valence-corrected chi connectivity index (χ2v) is 8.93. The summed E-state index contributed by atoms with van der Waals surface area (Å²) < 4.78 is 0. The Hall–Kier alpha value is -0.900. The fraction of sp³-hybridized carbons (Fsp3) is 0.920. The molecule has 172 valence electrons. The van der Waals surface area contributed by atoms with Gasteiger partial charge >= 0.3 is 5.97 Å². The smallest absolute Gasteiger partial charge is 0.310 e. The molecule has 0 aliphatic heterocycles. The van der Waals surface area contributed by atoms with E-state index in [1.807, 2.05) is 6.92 Å². The molecule has 0 aromatic carbocycles. The van der Waals surface area contributed by atoms with Gasteiger partial charge in [-0.15, -0.1) is 0 Å². The molecule has 0 heterocycles. The Kier molecular flexibility index (Phi) is 18.5. The van der Waals surface area contributed by atoms with E-state index in [1.54, 1.807) is 0 Å². The molecule has 0 rings (SSSR count). The Labute approximate surface area is 179 Å². The molecule has 0 saturated heterocycles. The quantitative estimate of drug-likeness (QED) is 0.158. The summed E-state index contributed by atoms with van der Waals surface area (Å²) in [5.74, 6) is -1.25. The second-order valence-electron chi connectivity index (χ2n) is 8.93. The highest BCUT2D eigenvalue weighted by Crippen LogP contribution is 2.27. The van der Waals surface area contributed by atoms with Crippen LogP contribution in [0.25, 0.3) is 0 Å². The molecule has 0 saturated carbocycles. The maximum atomic E-state index is 12.3. The summed E-state index contributed by atoms with van der Waals surface area (Å²) in [7, 11) is 0. The van der Waals surface area contributed by atoms with Crippen LogP contribution in [0.15, 0.2) is 0 Å². The Bertz CT molecular complexity index is 408. The first kappa shape index (κ1) is 28.1. The first-order valence-electron chi connectivity index (χ1n) is 12.3. The first-order chi connectivity index (χ1) is 13.9. The lowest BCUT2D eigenvalue weighted by atomic mass is 9.81. The highest BCUT2D eigenvalue weighted by molar-refractivity contribution is 5.95. The van der Waals surface area contributed by atoms with Gasteiger partial charge < -0.3 is 10.2 Å². The second kappa shape index (κ2) is 19.1. The van der Waals surface area contributed by atoms with Crippen molar-refractivity contribution in [3.63, 3.8) is 0 Å². The molecule has 0 spiro atoms. The third kappa shape index (κ3) is 16.6. The van der Waals surface area contributed by atoms with Gasteiger partial charge in [-0.2, -0.15) is 0 Å². The molecular weight excluding hydrogens is 364 g/mol. The molecule has 0 bridgehead atoms. The summed E-state index contributed by atoms with van der Waals surface area (Å²) in [6.45, 7) is 6.31. The van der Waals surface area contributed by atoms with Crippen molar-refractivity contribution in [1.82, 2.24) is 0 Å². The minimum Gasteiger partial charge on any atom is -0.481 e. The van der Waals surface area contributed by atoms with Gasteiger partial charge in [-0.3, -0.25) is 9.59 Å². The highest BCUT2D eigenvalue weighted by atomic mass is 16.4. The molecule has 3 unspecified atom stereocenters. The number of aliphatic carboxylic acids is 1. The van der Waals surface area contributed by atoms with Gasteiger partial charge in [-0.05, 0) is 31.6 Å². The van der Waals surface area contributed by atoms with E-state index >= 15 is 0 Å². The third-order valence-corrected chi connectivity index (χ3v) is 6.23. The fourth-order valence-electron chi connectivity index (χ4n) is 4.12. The summed E-state index contributed by atoms with van der Waals surface area (Å²) in [4.78, 5) is 23.2. The number of Topliss-reactive ketones (excluding diaryl/α,β-unsaturated/α-hetero) is 1. The van der Waals surface area contributed by atoms with E-state index < -0.39 is 5.97 Å². The van der Waals surface area contributed by atoms with Crippen LogP contribution >= 0.6 is 0 Å². The molecule has 0 aromatic heterocycles. The lowest BCUT2D eigenvalue weighted by molar-refractivity contribution is -0.141. The van der Waals surface area contributed by atoms with E-state index in [9.17, 15) is 14.7 Å². The van der Waals surface area contributed by atoms with Gasteiger partial charge in [0.15, 0.2) is 0 Å². The van der Waals surface area contributed by atoms with Crippen molar-refractivity contribution in [2.75, 3.05) is 0 Å². The zero-order chi connectivity index (χ0) is 21.9. The van der Waals surface area contributed by atoms with E-state index in [-0.39, 0.29) is 30.1 Å². The Morgan fingerprint density at radius 3 is 1.69 bits per heavy atom. The van der Waals surface area contributed by atoms with Gasteiger partial charge in [0.1, 0.15) is 12.2 Å². The van der Waals surface area contributed by atoms with Gasteiger partial charge in [0.05, 0.1) is 6.10 Å². The predicted octanol–water partition coefficient (Wildman–Crippen LogP) is 6.92. The molecule has 2 N–H and O–H groups in total. The van der Waals surface area contributed by atoms with Crippen molar-refractivity contribution >= 4 is 11.8 Å². The predicted molar refractivity (Wildman–Crippen MR) is 121 cm³/mol. The maximum Gasteiger partial charge on any atom is 0.310 e. The number of unbranched alkanes of at least 4 members (excludes halogenated alkanes) is 10. The molecule has 3 atom stereocenters. The standard InChI is InChI=1S/C25H48O4/c1-4-6-8-10-11-13-14-16-22(21(3)24(27)20-25(28)29)18-19-23(26)17-15-12-9-7-5-2/h21-23,26H,4-20H2,1-3H3,(H,28,29). The number of carboxylic acids is 1. The number of aliphatic hydroxyl groups excluding tert-OH is 1. The molecule has 0 aliphatic carbocycles. The van der Waals surface area contributed by atoms with Crippen LogP contribution in [0.4, 0.5) is 0 Å². The lowest BCUT2D eigenvalue weighted by Gasteiger charge is -2.24. The summed E-state index contributed by atoms with van der Waals surface area (Å²) in [5.41, 5.74) is 0. The normalized spacial score (nSPS) is 14.5. The number of carbonyl (C=O) groups excluding carboxylic acids is 1. The Morgan fingerprint density at radius 2 is 1.17 bits per heavy atom. The van der Waals surface area contributed by atoms with Crippen LogP contribution in [0.1, 0.15) is 130 Å². The average molecular weight is 413 g/mol. The van der Waals surface area contributed by atoms with Crippen LogP contribution in [0.5, 0.6) is 0 Å². The van der Waals surface area contributed by atoms with Crippen LogP contribution in [0.3, 0.4) is 0 Å². The van der Waals surface area contributed by atoms with Crippen LogP contribution in [0, 0.1) is 11.8 Å². The van der Waals surface area contributed by atoms with E-state index in [4.69, 9.17) is 5.11 Å². The lowest BCUT2D eigenvalue weighted by Crippen LogP contribution is -2.24. The van der Waals surface area contributed by atoms with Crippen molar-refractivity contribution in [3.8, 4) is 0 Å². The molecule has 0 aromatic rings. The van der Waals surface area contributed by atoms with Crippen molar-refractivity contribution < 1.29 is 19.8 Å². The summed E-state index contributed by atoms with van der Waals surface area (Å²) in [5, 5.41) is 19.3. The van der Waals surface area contributed by atoms with E-state index in [0.717, 1.165) is 38.5 Å². The summed E-state index contributed by atoms with van der Waals surface area (Å²) >= 11 is 0. The molecule has 0 aliphatic rings. The number of carboxylic acid groups (broad SMARTS) is 1. The van der Waals surface area contributed by atoms with Gasteiger partial charge in [0.2, 0.25) is 0 Å². The van der Waals surface area contributed by atoms with Gasteiger partial charge in [0.25, 0.3) is 0 Å². The SMILES string of the molecule is CCCCCCCCCC(CCC(O)CCCCCCC)C(C)C(=O)CC(=O)O. The topological polar surface area (TPSA) is 74.6 Å². The summed E-state index contributed by atoms with van der Waals surface area (Å²) in [6.07, 6.45) is 17.3. The Balaban J connectivity index is 4.36. The van der Waals surface area contributed by atoms with Crippen LogP contribution in [-0.2, 0) is 9.59 Å². The van der Waals surface area contributed by atoms with Gasteiger partial charge in [-0.1, -0.05) is 97.8 Å². The molecule has 29 heavy (non-hydrogen) atoms. The van der Waals surface area contributed by atoms with Crippen LogP contribution in [0.2, 0.25) is 0 Å². The zero-order valence-corrected chi connectivity index (χ0v) is 19.5. The molecule has 0 fully saturated rings. The van der Waals surface area contributed by atoms with Crippen LogP contribution in [-0.4, -0.2) is 28.1 Å². The average Bonchev–Trinajstić information content (AvgIpc) is 2.68. The molecule has 4 nitrogen and oxygen atoms in total. The number of hydrogen-bond donors (Lipinski definition) is 2. The fourth-order valence-corrected chi connectivity index (χ4v) is 4.12. The number of hydrogen-bond acceptors (Lipinski definition) is 3. The zero-order valence-electron chi connectivity index (χ0n) is 19.5. The number of carbonyl (C=O) groups is 2. The monoisotopic (exact) mass is 412 g/mol. The third-order valence-electron chi connectivity index (χ3n) is 6.23. The minimum atomic E-state index is -1.04. The largest absolute Gasteiger partial charge is 0.481 e. The first-order valence-corrected chi connectivity index (χ1v) is 12.3. The summed E-state index contributed by atoms with van der Waals surface area (Å²) in [6, 6.07) is 0. The number of rotatable bonds is 21. The molecule has 0 amide bonds. The molecule has 4 heteroatoms. The maximum absolute atomic E-state index is 12.3. The van der Waals surface area contributed by atoms with Crippen molar-refractivity contribution in [2.45, 2.75) is 136 Å². The highest BCUT2D eigenvalue weighted by Gasteiger charge is 2.25. The molecule has 0 radical (unpaired) electrons. The number of aliphatic hydroxyl groups is 1. The van der Waals surface area contributed by atoms with Crippen molar-refractivity contribution in [1.29, 1.82) is 0 Å². The van der Waals surface area contributed by atoms with E-state index in [1.165, 1.54) is 64.2 Å². The number of ketones is 1. The minimum absolute atomic E-state index is 0.167. The van der Waals surface area contributed by atoms with Crippen molar-refractivity contribution in [2.24, 2.45) is 11.8 Å². The van der Waals surface area contributed by atoms with E-state index in [0.29, 0.717) is 0 Å². The van der Waals surface area contributed by atoms with Crippen molar-refractivity contribution in [3.05, 3.63) is 0 Å².